The second-order valence-corrected chi connectivity index (χ2v) is 5.64. The van der Waals surface area contributed by atoms with Gasteiger partial charge in [-0.05, 0) is 38.6 Å². The molecule has 0 aromatic heterocycles. The lowest BCUT2D eigenvalue weighted by atomic mass is 9.85. The third-order valence-corrected chi connectivity index (χ3v) is 4.19. The van der Waals surface area contributed by atoms with Crippen molar-refractivity contribution in [1.29, 1.82) is 0 Å². The number of likely N-dealkylation sites (N-methyl/N-ethyl adjacent to an activating group) is 1. The summed E-state index contributed by atoms with van der Waals surface area (Å²) in [5.41, 5.74) is 0. The first-order valence-electron chi connectivity index (χ1n) is 7.48. The van der Waals surface area contributed by atoms with Crippen LogP contribution in [0.1, 0.15) is 39.0 Å². The molecule has 1 atom stereocenters. The Bertz CT molecular complexity index is 349. The van der Waals surface area contributed by atoms with Crippen LogP contribution in [0.15, 0.2) is 0 Å². The molecule has 6 nitrogen and oxygen atoms in total. The van der Waals surface area contributed by atoms with Gasteiger partial charge in [-0.2, -0.15) is 0 Å². The van der Waals surface area contributed by atoms with E-state index in [4.69, 9.17) is 9.84 Å². The Morgan fingerprint density at radius 2 is 2.10 bits per heavy atom. The topological polar surface area (TPSA) is 78.9 Å². The molecule has 1 amide bonds. The number of nitrogens with zero attached hydrogens (tertiary/aromatic N) is 1. The van der Waals surface area contributed by atoms with Crippen molar-refractivity contribution < 1.29 is 19.4 Å². The summed E-state index contributed by atoms with van der Waals surface area (Å²) in [5.74, 6) is -0.802. The van der Waals surface area contributed by atoms with Crippen molar-refractivity contribution in [2.45, 2.75) is 57.2 Å². The number of hydrogen-bond donors (Lipinski definition) is 2. The molecular weight excluding hydrogens is 260 g/mol. The van der Waals surface area contributed by atoms with E-state index in [-0.39, 0.29) is 30.6 Å². The Hall–Kier alpha value is -1.14. The zero-order valence-corrected chi connectivity index (χ0v) is 12.0. The van der Waals surface area contributed by atoms with Crippen molar-refractivity contribution in [1.82, 2.24) is 10.2 Å². The second kappa shape index (κ2) is 7.04. The zero-order chi connectivity index (χ0) is 14.5. The SMILES string of the molecule is CCN(CC(=O)O)C1CC(NC(=O)[C@@H]2CCCCO2)C1. The van der Waals surface area contributed by atoms with Crippen LogP contribution in [0.2, 0.25) is 0 Å². The molecular formula is C14H24N2O4. The smallest absolute Gasteiger partial charge is 0.317 e. The molecule has 6 heteroatoms. The predicted molar refractivity (Wildman–Crippen MR) is 73.4 cm³/mol. The molecule has 0 unspecified atom stereocenters. The van der Waals surface area contributed by atoms with Gasteiger partial charge < -0.3 is 15.2 Å². The second-order valence-electron chi connectivity index (χ2n) is 5.64. The van der Waals surface area contributed by atoms with Gasteiger partial charge in [0.15, 0.2) is 0 Å². The van der Waals surface area contributed by atoms with Crippen LogP contribution in [0.25, 0.3) is 0 Å². The van der Waals surface area contributed by atoms with Crippen LogP contribution < -0.4 is 5.32 Å². The molecule has 1 saturated carbocycles. The molecule has 20 heavy (non-hydrogen) atoms. The molecule has 2 N–H and O–H groups in total. The Labute approximate surface area is 119 Å². The van der Waals surface area contributed by atoms with E-state index in [9.17, 15) is 9.59 Å². The molecule has 0 spiro atoms. The highest BCUT2D eigenvalue weighted by Gasteiger charge is 2.36. The summed E-state index contributed by atoms with van der Waals surface area (Å²) < 4.78 is 5.46. The zero-order valence-electron chi connectivity index (χ0n) is 12.0. The number of aliphatic carboxylic acids is 1. The number of carboxylic acid groups (broad SMARTS) is 1. The van der Waals surface area contributed by atoms with Gasteiger partial charge in [0, 0.05) is 18.7 Å². The number of hydrogen-bond acceptors (Lipinski definition) is 4. The van der Waals surface area contributed by atoms with Crippen LogP contribution in [0.5, 0.6) is 0 Å². The van der Waals surface area contributed by atoms with E-state index in [0.29, 0.717) is 6.61 Å². The molecule has 0 aromatic carbocycles. The van der Waals surface area contributed by atoms with E-state index in [0.717, 1.165) is 38.6 Å². The van der Waals surface area contributed by atoms with Crippen molar-refractivity contribution in [2.75, 3.05) is 19.7 Å². The lowest BCUT2D eigenvalue weighted by Gasteiger charge is -2.42. The fraction of sp³-hybridized carbons (Fsp3) is 0.857. The minimum atomic E-state index is -0.796. The molecule has 2 fully saturated rings. The maximum atomic E-state index is 12.0. The number of rotatable bonds is 6. The monoisotopic (exact) mass is 284 g/mol. The first-order valence-corrected chi connectivity index (χ1v) is 7.48. The van der Waals surface area contributed by atoms with Crippen LogP contribution in [-0.4, -0.2) is 59.8 Å². The molecule has 1 aliphatic heterocycles. The highest BCUT2D eigenvalue weighted by molar-refractivity contribution is 5.81. The minimum Gasteiger partial charge on any atom is -0.480 e. The Morgan fingerprint density at radius 3 is 2.65 bits per heavy atom. The maximum absolute atomic E-state index is 12.0. The van der Waals surface area contributed by atoms with Crippen molar-refractivity contribution in [2.24, 2.45) is 0 Å². The fourth-order valence-corrected chi connectivity index (χ4v) is 2.92. The van der Waals surface area contributed by atoms with Crippen LogP contribution in [0.4, 0.5) is 0 Å². The van der Waals surface area contributed by atoms with Crippen molar-refractivity contribution in [3.05, 3.63) is 0 Å². The number of amides is 1. The summed E-state index contributed by atoms with van der Waals surface area (Å²) in [6.45, 7) is 3.44. The lowest BCUT2D eigenvalue weighted by Crippen LogP contribution is -2.56. The Balaban J connectivity index is 1.70. The minimum absolute atomic E-state index is 0.00515. The Kier molecular flexibility index (Phi) is 5.37. The van der Waals surface area contributed by atoms with E-state index in [2.05, 4.69) is 5.32 Å². The van der Waals surface area contributed by atoms with Crippen LogP contribution in [0.3, 0.4) is 0 Å². The fourth-order valence-electron chi connectivity index (χ4n) is 2.92. The third kappa shape index (κ3) is 3.93. The van der Waals surface area contributed by atoms with Crippen LogP contribution >= 0.6 is 0 Å². The van der Waals surface area contributed by atoms with Gasteiger partial charge in [-0.15, -0.1) is 0 Å². The molecule has 0 bridgehead atoms. The summed E-state index contributed by atoms with van der Waals surface area (Å²) in [6.07, 6.45) is 4.27. The average Bonchev–Trinajstić information content (AvgIpc) is 2.40. The van der Waals surface area contributed by atoms with Gasteiger partial charge >= 0.3 is 5.97 Å². The summed E-state index contributed by atoms with van der Waals surface area (Å²) in [7, 11) is 0. The van der Waals surface area contributed by atoms with Gasteiger partial charge in [-0.25, -0.2) is 0 Å². The van der Waals surface area contributed by atoms with Crippen molar-refractivity contribution >= 4 is 11.9 Å². The standard InChI is InChI=1S/C14H24N2O4/c1-2-16(9-13(17)18)11-7-10(8-11)15-14(19)12-5-3-4-6-20-12/h10-12H,2-9H2,1H3,(H,15,19)(H,17,18)/t10?,11?,12-/m0/s1. The number of ether oxygens (including phenoxy) is 1. The molecule has 1 heterocycles. The van der Waals surface area contributed by atoms with E-state index in [1.54, 1.807) is 0 Å². The maximum Gasteiger partial charge on any atom is 0.317 e. The van der Waals surface area contributed by atoms with Gasteiger partial charge in [-0.1, -0.05) is 6.92 Å². The first-order chi connectivity index (χ1) is 9.60. The van der Waals surface area contributed by atoms with Gasteiger partial charge in [0.05, 0.1) is 6.54 Å². The Morgan fingerprint density at radius 1 is 1.35 bits per heavy atom. The van der Waals surface area contributed by atoms with Crippen molar-refractivity contribution in [3.63, 3.8) is 0 Å². The number of carbonyl (C=O) groups excluding carboxylic acids is 1. The molecule has 0 aromatic rings. The molecule has 114 valence electrons. The quantitative estimate of drug-likeness (QED) is 0.747. The van der Waals surface area contributed by atoms with Gasteiger partial charge in [0.25, 0.3) is 0 Å². The number of carboxylic acids is 1. The normalized spacial score (nSPS) is 29.8. The summed E-state index contributed by atoms with van der Waals surface area (Å²) >= 11 is 0. The van der Waals surface area contributed by atoms with E-state index in [1.165, 1.54) is 0 Å². The van der Waals surface area contributed by atoms with Gasteiger partial charge in [0.2, 0.25) is 5.91 Å². The highest BCUT2D eigenvalue weighted by Crippen LogP contribution is 2.26. The number of nitrogens with one attached hydrogen (secondary N) is 1. The summed E-state index contributed by atoms with van der Waals surface area (Å²) in [4.78, 5) is 24.7. The molecule has 2 rings (SSSR count). The molecule has 1 saturated heterocycles. The van der Waals surface area contributed by atoms with Crippen molar-refractivity contribution in [3.8, 4) is 0 Å². The molecule has 0 radical (unpaired) electrons. The predicted octanol–water partition coefficient (Wildman–Crippen LogP) is 0.609. The number of carbonyl (C=O) groups is 2. The lowest BCUT2D eigenvalue weighted by molar-refractivity contribution is -0.141. The van der Waals surface area contributed by atoms with Crippen LogP contribution in [0, 0.1) is 0 Å². The third-order valence-electron chi connectivity index (χ3n) is 4.19. The van der Waals surface area contributed by atoms with Gasteiger partial charge in [0.1, 0.15) is 6.10 Å². The first kappa shape index (κ1) is 15.3. The molecule has 2 aliphatic rings. The summed E-state index contributed by atoms with van der Waals surface area (Å²) in [6, 6.07) is 0.439. The molecule has 1 aliphatic carbocycles. The van der Waals surface area contributed by atoms with Crippen LogP contribution in [-0.2, 0) is 14.3 Å². The van der Waals surface area contributed by atoms with E-state index in [1.807, 2.05) is 11.8 Å². The largest absolute Gasteiger partial charge is 0.480 e. The highest BCUT2D eigenvalue weighted by atomic mass is 16.5. The van der Waals surface area contributed by atoms with Gasteiger partial charge in [-0.3, -0.25) is 14.5 Å². The average molecular weight is 284 g/mol. The van der Waals surface area contributed by atoms with E-state index < -0.39 is 5.97 Å². The summed E-state index contributed by atoms with van der Waals surface area (Å²) in [5, 5.41) is 11.8. The van der Waals surface area contributed by atoms with E-state index >= 15 is 0 Å².